The van der Waals surface area contributed by atoms with E-state index in [9.17, 15) is 9.90 Å². The number of carbonyl (C=O) groups excluding carboxylic acids is 1. The van der Waals surface area contributed by atoms with Crippen molar-refractivity contribution in [1.82, 2.24) is 4.90 Å². The molecule has 5 nitrogen and oxygen atoms in total. The Morgan fingerprint density at radius 1 is 1.12 bits per heavy atom. The van der Waals surface area contributed by atoms with Crippen molar-refractivity contribution in [2.75, 3.05) is 25.5 Å². The first-order chi connectivity index (χ1) is 12.6. The van der Waals surface area contributed by atoms with E-state index < -0.39 is 5.60 Å². The molecule has 1 saturated carbocycles. The second kappa shape index (κ2) is 6.65. The predicted molar refractivity (Wildman–Crippen MR) is 100 cm³/mol. The Morgan fingerprint density at radius 2 is 1.81 bits per heavy atom. The van der Waals surface area contributed by atoms with Gasteiger partial charge in [0.1, 0.15) is 5.75 Å². The maximum atomic E-state index is 12.6. The SMILES string of the molecule is COc1cccc(NC(=O)N2C[C@@H]3C[C@@](O)(c4ccccc4)C[C@@H]3C2)c1. The van der Waals surface area contributed by atoms with Crippen LogP contribution in [-0.4, -0.2) is 36.2 Å². The van der Waals surface area contributed by atoms with Gasteiger partial charge in [0.15, 0.2) is 0 Å². The summed E-state index contributed by atoms with van der Waals surface area (Å²) in [6, 6.07) is 17.2. The Bertz CT molecular complexity index is 779. The highest BCUT2D eigenvalue weighted by atomic mass is 16.5. The number of urea groups is 1. The highest BCUT2D eigenvalue weighted by Gasteiger charge is 2.49. The van der Waals surface area contributed by atoms with Crippen LogP contribution < -0.4 is 10.1 Å². The lowest BCUT2D eigenvalue weighted by atomic mass is 9.90. The minimum absolute atomic E-state index is 0.0871. The van der Waals surface area contributed by atoms with E-state index in [0.717, 1.165) is 11.3 Å². The van der Waals surface area contributed by atoms with Gasteiger partial charge >= 0.3 is 6.03 Å². The molecule has 0 spiro atoms. The monoisotopic (exact) mass is 352 g/mol. The Balaban J connectivity index is 1.39. The number of methoxy groups -OCH3 is 1. The number of likely N-dealkylation sites (tertiary alicyclic amines) is 1. The molecule has 2 aromatic rings. The van der Waals surface area contributed by atoms with Crippen molar-refractivity contribution in [2.24, 2.45) is 11.8 Å². The first-order valence-corrected chi connectivity index (χ1v) is 9.05. The van der Waals surface area contributed by atoms with E-state index in [1.54, 1.807) is 7.11 Å². The maximum Gasteiger partial charge on any atom is 0.321 e. The van der Waals surface area contributed by atoms with Gasteiger partial charge in [-0.15, -0.1) is 0 Å². The van der Waals surface area contributed by atoms with Crippen LogP contribution >= 0.6 is 0 Å². The second-order valence-electron chi connectivity index (χ2n) is 7.39. The number of nitrogens with one attached hydrogen (secondary N) is 1. The van der Waals surface area contributed by atoms with Gasteiger partial charge in [0.25, 0.3) is 0 Å². The van der Waals surface area contributed by atoms with Gasteiger partial charge in [0, 0.05) is 24.8 Å². The molecule has 0 aromatic heterocycles. The van der Waals surface area contributed by atoms with Crippen molar-refractivity contribution in [3.8, 4) is 5.75 Å². The summed E-state index contributed by atoms with van der Waals surface area (Å²) < 4.78 is 5.19. The number of nitrogens with zero attached hydrogens (tertiary/aromatic N) is 1. The molecule has 1 saturated heterocycles. The minimum Gasteiger partial charge on any atom is -0.497 e. The van der Waals surface area contributed by atoms with Crippen LogP contribution in [0, 0.1) is 11.8 Å². The zero-order valence-electron chi connectivity index (χ0n) is 14.9. The largest absolute Gasteiger partial charge is 0.497 e. The molecule has 4 rings (SSSR count). The van der Waals surface area contributed by atoms with E-state index in [4.69, 9.17) is 4.74 Å². The lowest BCUT2D eigenvalue weighted by Gasteiger charge is -2.26. The van der Waals surface area contributed by atoms with Gasteiger partial charge in [-0.1, -0.05) is 36.4 Å². The molecule has 136 valence electrons. The third-order valence-corrected chi connectivity index (χ3v) is 5.70. The number of fused-ring (bicyclic) bond motifs is 1. The van der Waals surface area contributed by atoms with Crippen LogP contribution in [0.5, 0.6) is 5.75 Å². The summed E-state index contributed by atoms with van der Waals surface area (Å²) in [5.41, 5.74) is 0.959. The first-order valence-electron chi connectivity index (χ1n) is 9.05. The van der Waals surface area contributed by atoms with Crippen LogP contribution in [0.4, 0.5) is 10.5 Å². The average molecular weight is 352 g/mol. The molecule has 0 radical (unpaired) electrons. The second-order valence-corrected chi connectivity index (χ2v) is 7.39. The minimum atomic E-state index is -0.758. The molecule has 3 atom stereocenters. The fourth-order valence-electron chi connectivity index (χ4n) is 4.41. The molecule has 1 aliphatic carbocycles. The molecule has 5 heteroatoms. The topological polar surface area (TPSA) is 61.8 Å². The zero-order valence-corrected chi connectivity index (χ0v) is 14.9. The molecular weight excluding hydrogens is 328 g/mol. The van der Waals surface area contributed by atoms with Crippen LogP contribution in [0.25, 0.3) is 0 Å². The van der Waals surface area contributed by atoms with E-state index in [1.807, 2.05) is 59.5 Å². The molecule has 2 aromatic carbocycles. The maximum absolute atomic E-state index is 12.6. The highest BCUT2D eigenvalue weighted by Crippen LogP contribution is 2.48. The van der Waals surface area contributed by atoms with Crippen molar-refractivity contribution < 1.29 is 14.6 Å². The van der Waals surface area contributed by atoms with Crippen LogP contribution in [0.1, 0.15) is 18.4 Å². The third kappa shape index (κ3) is 3.15. The van der Waals surface area contributed by atoms with Gasteiger partial charge in [0.2, 0.25) is 0 Å². The number of carbonyl (C=O) groups is 1. The average Bonchev–Trinajstić information content (AvgIpc) is 3.18. The van der Waals surface area contributed by atoms with Gasteiger partial charge in [0.05, 0.1) is 12.7 Å². The lowest BCUT2D eigenvalue weighted by Crippen LogP contribution is -2.35. The molecule has 2 N–H and O–H groups in total. The molecule has 26 heavy (non-hydrogen) atoms. The Morgan fingerprint density at radius 3 is 2.46 bits per heavy atom. The van der Waals surface area contributed by atoms with Gasteiger partial charge in [-0.3, -0.25) is 0 Å². The summed E-state index contributed by atoms with van der Waals surface area (Å²) in [6.07, 6.45) is 1.43. The van der Waals surface area contributed by atoms with E-state index in [0.29, 0.717) is 43.5 Å². The van der Waals surface area contributed by atoms with E-state index in [-0.39, 0.29) is 6.03 Å². The summed E-state index contributed by atoms with van der Waals surface area (Å²) in [6.45, 7) is 1.38. The Labute approximate surface area is 153 Å². The van der Waals surface area contributed by atoms with E-state index in [1.165, 1.54) is 0 Å². The smallest absolute Gasteiger partial charge is 0.321 e. The van der Waals surface area contributed by atoms with Gasteiger partial charge in [-0.25, -0.2) is 4.79 Å². The summed E-state index contributed by atoms with van der Waals surface area (Å²) in [5, 5.41) is 14.0. The summed E-state index contributed by atoms with van der Waals surface area (Å²) in [7, 11) is 1.61. The number of amides is 2. The van der Waals surface area contributed by atoms with Crippen LogP contribution in [-0.2, 0) is 5.60 Å². The molecular formula is C21H24N2O3. The lowest BCUT2D eigenvalue weighted by molar-refractivity contribution is 0.0328. The Kier molecular flexibility index (Phi) is 4.32. The normalized spacial score (nSPS) is 27.2. The molecule has 1 aliphatic heterocycles. The number of benzene rings is 2. The number of rotatable bonds is 3. The van der Waals surface area contributed by atoms with Crippen molar-refractivity contribution in [2.45, 2.75) is 18.4 Å². The fraction of sp³-hybridized carbons (Fsp3) is 0.381. The van der Waals surface area contributed by atoms with E-state index in [2.05, 4.69) is 5.32 Å². The van der Waals surface area contributed by atoms with E-state index >= 15 is 0 Å². The fourth-order valence-corrected chi connectivity index (χ4v) is 4.41. The van der Waals surface area contributed by atoms with Crippen molar-refractivity contribution >= 4 is 11.7 Å². The molecule has 2 aliphatic rings. The number of aliphatic hydroxyl groups is 1. The highest BCUT2D eigenvalue weighted by molar-refractivity contribution is 5.89. The van der Waals surface area contributed by atoms with Crippen molar-refractivity contribution in [1.29, 1.82) is 0 Å². The summed E-state index contributed by atoms with van der Waals surface area (Å²) in [4.78, 5) is 14.4. The summed E-state index contributed by atoms with van der Waals surface area (Å²) >= 11 is 0. The van der Waals surface area contributed by atoms with Crippen molar-refractivity contribution in [3.63, 3.8) is 0 Å². The Hall–Kier alpha value is -2.53. The molecule has 2 amide bonds. The quantitative estimate of drug-likeness (QED) is 0.889. The molecule has 0 unspecified atom stereocenters. The van der Waals surface area contributed by atoms with Gasteiger partial charge in [-0.05, 0) is 42.4 Å². The van der Waals surface area contributed by atoms with Crippen LogP contribution in [0.2, 0.25) is 0 Å². The molecule has 2 fully saturated rings. The van der Waals surface area contributed by atoms with Gasteiger partial charge in [-0.2, -0.15) is 0 Å². The van der Waals surface area contributed by atoms with Gasteiger partial charge < -0.3 is 20.1 Å². The van der Waals surface area contributed by atoms with Crippen LogP contribution in [0.3, 0.4) is 0 Å². The standard InChI is InChI=1S/C21H24N2O3/c1-26-19-9-5-8-18(10-19)22-20(24)23-13-15-11-21(25,12-16(15)14-23)17-6-3-2-4-7-17/h2-10,15-16,25H,11-14H2,1H3,(H,22,24)/t15-,16+,21-. The number of anilines is 1. The summed E-state index contributed by atoms with van der Waals surface area (Å²) in [5.74, 6) is 1.40. The van der Waals surface area contributed by atoms with Crippen molar-refractivity contribution in [3.05, 3.63) is 60.2 Å². The number of ether oxygens (including phenoxy) is 1. The van der Waals surface area contributed by atoms with Crippen LogP contribution in [0.15, 0.2) is 54.6 Å². The molecule has 1 heterocycles. The third-order valence-electron chi connectivity index (χ3n) is 5.70. The number of hydrogen-bond donors (Lipinski definition) is 2. The zero-order chi connectivity index (χ0) is 18.1. The predicted octanol–water partition coefficient (Wildman–Crippen LogP) is 3.46. The number of hydrogen-bond acceptors (Lipinski definition) is 3. The first kappa shape index (κ1) is 16.9. The molecule has 0 bridgehead atoms.